The van der Waals surface area contributed by atoms with Gasteiger partial charge in [0, 0.05) is 11.3 Å². The number of halogens is 1. The topological polar surface area (TPSA) is 56.7 Å². The van der Waals surface area contributed by atoms with Crippen molar-refractivity contribution in [3.8, 4) is 11.4 Å². The fourth-order valence-corrected chi connectivity index (χ4v) is 3.01. The van der Waals surface area contributed by atoms with Gasteiger partial charge in [-0.3, -0.25) is 0 Å². The predicted octanol–water partition coefficient (Wildman–Crippen LogP) is 3.71. The minimum Gasteiger partial charge on any atom is -0.335 e. The summed E-state index contributed by atoms with van der Waals surface area (Å²) in [6.45, 7) is 4.19. The summed E-state index contributed by atoms with van der Waals surface area (Å²) in [5.41, 5.74) is 4.49. The van der Waals surface area contributed by atoms with Gasteiger partial charge in [-0.05, 0) is 54.8 Å². The second-order valence-corrected chi connectivity index (χ2v) is 6.33. The van der Waals surface area contributed by atoms with Crippen LogP contribution >= 0.6 is 11.8 Å². The molecule has 1 heterocycles. The SMILES string of the molecule is Cc1ccc(CSc2nnc(-c3ccc(F)cc3)n2N)cc1C. The van der Waals surface area contributed by atoms with Crippen LogP contribution in [0.4, 0.5) is 4.39 Å². The Kier molecular flexibility index (Phi) is 4.34. The fourth-order valence-electron chi connectivity index (χ4n) is 2.21. The maximum Gasteiger partial charge on any atom is 0.210 e. The molecule has 3 rings (SSSR count). The van der Waals surface area contributed by atoms with E-state index in [1.165, 1.54) is 45.3 Å². The molecule has 0 fully saturated rings. The van der Waals surface area contributed by atoms with Gasteiger partial charge in [-0.2, -0.15) is 0 Å². The molecule has 0 spiro atoms. The first-order chi connectivity index (χ1) is 11.0. The van der Waals surface area contributed by atoms with E-state index >= 15 is 0 Å². The van der Waals surface area contributed by atoms with E-state index in [9.17, 15) is 4.39 Å². The normalized spacial score (nSPS) is 10.9. The number of nitrogen functional groups attached to an aromatic ring is 1. The number of aryl methyl sites for hydroxylation is 2. The number of aromatic nitrogens is 3. The van der Waals surface area contributed by atoms with Crippen LogP contribution < -0.4 is 5.84 Å². The van der Waals surface area contributed by atoms with Crippen molar-refractivity contribution in [1.82, 2.24) is 14.9 Å². The van der Waals surface area contributed by atoms with Crippen molar-refractivity contribution in [3.63, 3.8) is 0 Å². The van der Waals surface area contributed by atoms with Gasteiger partial charge in [0.1, 0.15) is 5.82 Å². The summed E-state index contributed by atoms with van der Waals surface area (Å²) >= 11 is 1.52. The third-order valence-electron chi connectivity index (χ3n) is 3.71. The van der Waals surface area contributed by atoms with Gasteiger partial charge < -0.3 is 5.84 Å². The van der Waals surface area contributed by atoms with Gasteiger partial charge in [0.25, 0.3) is 0 Å². The maximum absolute atomic E-state index is 13.0. The summed E-state index contributed by atoms with van der Waals surface area (Å²) in [6.07, 6.45) is 0. The van der Waals surface area contributed by atoms with Crippen LogP contribution in [0.5, 0.6) is 0 Å². The molecule has 0 atom stereocenters. The zero-order chi connectivity index (χ0) is 16.4. The standard InChI is InChI=1S/C17H17FN4S/c1-11-3-4-13(9-12(11)2)10-23-17-21-20-16(22(17)19)14-5-7-15(18)8-6-14/h3-9H,10,19H2,1-2H3. The van der Waals surface area contributed by atoms with E-state index in [2.05, 4.69) is 42.2 Å². The first-order valence-corrected chi connectivity index (χ1v) is 8.18. The minimum atomic E-state index is -0.291. The average molecular weight is 328 g/mol. The van der Waals surface area contributed by atoms with Crippen LogP contribution in [-0.2, 0) is 5.75 Å². The molecule has 0 amide bonds. The Labute approximate surface area is 138 Å². The number of thioether (sulfide) groups is 1. The third kappa shape index (κ3) is 3.37. The molecular weight excluding hydrogens is 311 g/mol. The largest absolute Gasteiger partial charge is 0.335 e. The summed E-state index contributed by atoms with van der Waals surface area (Å²) in [5.74, 6) is 7.06. The first-order valence-electron chi connectivity index (χ1n) is 7.20. The monoisotopic (exact) mass is 328 g/mol. The lowest BCUT2D eigenvalue weighted by atomic mass is 10.1. The molecule has 0 radical (unpaired) electrons. The molecule has 0 unspecified atom stereocenters. The van der Waals surface area contributed by atoms with Crippen molar-refractivity contribution in [2.24, 2.45) is 0 Å². The smallest absolute Gasteiger partial charge is 0.210 e. The first kappa shape index (κ1) is 15.6. The van der Waals surface area contributed by atoms with Crippen LogP contribution in [0.2, 0.25) is 0 Å². The number of nitrogens with two attached hydrogens (primary N) is 1. The molecule has 0 bridgehead atoms. The second kappa shape index (κ2) is 6.42. The Morgan fingerprint density at radius 1 is 1.04 bits per heavy atom. The zero-order valence-electron chi connectivity index (χ0n) is 13.0. The zero-order valence-corrected chi connectivity index (χ0v) is 13.8. The van der Waals surface area contributed by atoms with E-state index in [0.29, 0.717) is 11.0 Å². The molecule has 0 aliphatic rings. The van der Waals surface area contributed by atoms with Gasteiger partial charge >= 0.3 is 0 Å². The lowest BCUT2D eigenvalue weighted by Crippen LogP contribution is -2.11. The van der Waals surface area contributed by atoms with Gasteiger partial charge in [-0.15, -0.1) is 10.2 Å². The predicted molar refractivity (Wildman–Crippen MR) is 91.0 cm³/mol. The summed E-state index contributed by atoms with van der Waals surface area (Å²) in [6, 6.07) is 12.4. The van der Waals surface area contributed by atoms with E-state index in [0.717, 1.165) is 11.3 Å². The van der Waals surface area contributed by atoms with Gasteiger partial charge in [-0.1, -0.05) is 30.0 Å². The van der Waals surface area contributed by atoms with Crippen LogP contribution in [0.15, 0.2) is 47.6 Å². The molecule has 0 saturated heterocycles. The highest BCUT2D eigenvalue weighted by Gasteiger charge is 2.12. The molecule has 0 aliphatic heterocycles. The van der Waals surface area contributed by atoms with E-state index < -0.39 is 0 Å². The van der Waals surface area contributed by atoms with Crippen molar-refractivity contribution in [2.45, 2.75) is 24.8 Å². The summed E-state index contributed by atoms with van der Waals surface area (Å²) < 4.78 is 14.4. The van der Waals surface area contributed by atoms with Crippen LogP contribution in [0, 0.1) is 19.7 Å². The molecule has 2 N–H and O–H groups in total. The number of rotatable bonds is 4. The van der Waals surface area contributed by atoms with Crippen LogP contribution in [0.3, 0.4) is 0 Å². The quantitative estimate of drug-likeness (QED) is 0.586. The van der Waals surface area contributed by atoms with Crippen LogP contribution in [-0.4, -0.2) is 14.9 Å². The molecule has 4 nitrogen and oxygen atoms in total. The molecule has 3 aromatic rings. The number of nitrogens with zero attached hydrogens (tertiary/aromatic N) is 3. The van der Waals surface area contributed by atoms with E-state index in [-0.39, 0.29) is 5.82 Å². The molecule has 23 heavy (non-hydrogen) atoms. The average Bonchev–Trinajstić information content (AvgIpc) is 2.90. The Morgan fingerprint density at radius 3 is 2.48 bits per heavy atom. The maximum atomic E-state index is 13.0. The lowest BCUT2D eigenvalue weighted by molar-refractivity contribution is 0.628. The van der Waals surface area contributed by atoms with Crippen molar-refractivity contribution in [3.05, 3.63) is 65.0 Å². The third-order valence-corrected chi connectivity index (χ3v) is 4.72. The van der Waals surface area contributed by atoms with Crippen LogP contribution in [0.1, 0.15) is 16.7 Å². The Balaban J connectivity index is 1.76. The van der Waals surface area contributed by atoms with Crippen LogP contribution in [0.25, 0.3) is 11.4 Å². The van der Waals surface area contributed by atoms with E-state index in [1.54, 1.807) is 12.1 Å². The van der Waals surface area contributed by atoms with Crippen molar-refractivity contribution >= 4 is 11.8 Å². The molecule has 6 heteroatoms. The molecule has 2 aromatic carbocycles. The number of benzene rings is 2. The minimum absolute atomic E-state index is 0.291. The van der Waals surface area contributed by atoms with Crippen molar-refractivity contribution in [1.29, 1.82) is 0 Å². The fraction of sp³-hybridized carbons (Fsp3) is 0.176. The summed E-state index contributed by atoms with van der Waals surface area (Å²) in [7, 11) is 0. The van der Waals surface area contributed by atoms with Crippen molar-refractivity contribution < 1.29 is 4.39 Å². The second-order valence-electron chi connectivity index (χ2n) is 5.39. The van der Waals surface area contributed by atoms with Crippen molar-refractivity contribution in [2.75, 3.05) is 5.84 Å². The van der Waals surface area contributed by atoms with Gasteiger partial charge in [0.2, 0.25) is 5.16 Å². The highest BCUT2D eigenvalue weighted by atomic mass is 32.2. The summed E-state index contributed by atoms with van der Waals surface area (Å²) in [4.78, 5) is 0. The molecule has 118 valence electrons. The van der Waals surface area contributed by atoms with Gasteiger partial charge in [0.15, 0.2) is 5.82 Å². The Bertz CT molecular complexity index is 827. The van der Waals surface area contributed by atoms with Gasteiger partial charge in [-0.25, -0.2) is 9.07 Å². The molecule has 0 saturated carbocycles. The van der Waals surface area contributed by atoms with Gasteiger partial charge in [0.05, 0.1) is 0 Å². The lowest BCUT2D eigenvalue weighted by Gasteiger charge is -2.06. The summed E-state index contributed by atoms with van der Waals surface area (Å²) in [5, 5.41) is 8.86. The highest BCUT2D eigenvalue weighted by Crippen LogP contribution is 2.25. The number of hydrogen-bond donors (Lipinski definition) is 1. The molecule has 0 aliphatic carbocycles. The van der Waals surface area contributed by atoms with E-state index in [1.807, 2.05) is 0 Å². The molecule has 1 aromatic heterocycles. The Morgan fingerprint density at radius 2 is 1.78 bits per heavy atom. The highest BCUT2D eigenvalue weighted by molar-refractivity contribution is 7.98. The Hall–Kier alpha value is -2.34. The number of hydrogen-bond acceptors (Lipinski definition) is 4. The van der Waals surface area contributed by atoms with E-state index in [4.69, 9.17) is 5.84 Å². The molecular formula is C17H17FN4S.